The molecule has 15 heavy (non-hydrogen) atoms. The number of benzene rings is 1. The van der Waals surface area contributed by atoms with Gasteiger partial charge in [-0.1, -0.05) is 43.3 Å². The monoisotopic (exact) mass is 204 g/mol. The summed E-state index contributed by atoms with van der Waals surface area (Å²) in [5.41, 5.74) is 2.44. The van der Waals surface area contributed by atoms with Crippen molar-refractivity contribution in [3.63, 3.8) is 0 Å². The van der Waals surface area contributed by atoms with Gasteiger partial charge < -0.3 is 5.11 Å². The fraction of sp³-hybridized carbons (Fsp3) is 0.308. The minimum atomic E-state index is -0.748. The molecular weight excluding hydrogens is 188 g/mol. The van der Waals surface area contributed by atoms with Crippen LogP contribution in [-0.4, -0.2) is 11.1 Å². The minimum absolute atomic E-state index is 0.198. The Morgan fingerprint density at radius 2 is 2.27 bits per heavy atom. The summed E-state index contributed by atoms with van der Waals surface area (Å²) in [6.07, 6.45) is 5.69. The first-order chi connectivity index (χ1) is 7.22. The Bertz CT molecular complexity index is 353. The third-order valence-electron chi connectivity index (χ3n) is 2.19. The van der Waals surface area contributed by atoms with Crippen molar-refractivity contribution in [2.75, 3.05) is 0 Å². The van der Waals surface area contributed by atoms with E-state index in [4.69, 9.17) is 5.11 Å². The van der Waals surface area contributed by atoms with Crippen LogP contribution in [0.25, 0.3) is 6.08 Å². The number of allylic oxidation sites excluding steroid dienone is 1. The number of carbonyl (C=O) groups is 1. The van der Waals surface area contributed by atoms with E-state index in [1.807, 2.05) is 24.3 Å². The molecule has 0 bridgehead atoms. The molecule has 1 rings (SSSR count). The Morgan fingerprint density at radius 1 is 1.47 bits per heavy atom. The van der Waals surface area contributed by atoms with Gasteiger partial charge in [-0.25, -0.2) is 0 Å². The molecule has 0 fully saturated rings. The molecule has 1 aromatic carbocycles. The number of carboxylic acid groups (broad SMARTS) is 1. The normalized spacial score (nSPS) is 10.7. The van der Waals surface area contributed by atoms with E-state index in [-0.39, 0.29) is 6.42 Å². The highest BCUT2D eigenvalue weighted by Gasteiger charge is 1.93. The second kappa shape index (κ2) is 6.02. The minimum Gasteiger partial charge on any atom is -0.481 e. The van der Waals surface area contributed by atoms with E-state index in [0.717, 1.165) is 12.0 Å². The van der Waals surface area contributed by atoms with Crippen LogP contribution in [0.3, 0.4) is 0 Å². The lowest BCUT2D eigenvalue weighted by Crippen LogP contribution is -1.91. The van der Waals surface area contributed by atoms with Crippen molar-refractivity contribution in [3.8, 4) is 0 Å². The van der Waals surface area contributed by atoms with Crippen LogP contribution in [0.5, 0.6) is 0 Å². The lowest BCUT2D eigenvalue weighted by Gasteiger charge is -1.97. The van der Waals surface area contributed by atoms with Gasteiger partial charge in [-0.3, -0.25) is 4.79 Å². The number of rotatable bonds is 5. The summed E-state index contributed by atoms with van der Waals surface area (Å²) in [7, 11) is 0. The van der Waals surface area contributed by atoms with E-state index in [1.165, 1.54) is 5.56 Å². The van der Waals surface area contributed by atoms with Gasteiger partial charge in [-0.2, -0.15) is 0 Å². The van der Waals surface area contributed by atoms with Crippen LogP contribution in [0, 0.1) is 0 Å². The second-order valence-corrected chi connectivity index (χ2v) is 3.43. The number of carboxylic acids is 1. The number of aryl methyl sites for hydroxylation is 1. The molecule has 0 unspecified atom stereocenters. The van der Waals surface area contributed by atoms with Crippen molar-refractivity contribution in [2.24, 2.45) is 0 Å². The molecule has 0 heterocycles. The quantitative estimate of drug-likeness (QED) is 0.800. The maximum Gasteiger partial charge on any atom is 0.303 e. The summed E-state index contributed by atoms with van der Waals surface area (Å²) in [5.74, 6) is -0.748. The molecule has 0 aliphatic heterocycles. The molecule has 0 saturated heterocycles. The first-order valence-corrected chi connectivity index (χ1v) is 5.19. The Kier molecular flexibility index (Phi) is 4.61. The Labute approximate surface area is 90.3 Å². The third-order valence-corrected chi connectivity index (χ3v) is 2.19. The molecule has 1 aromatic rings. The zero-order valence-corrected chi connectivity index (χ0v) is 8.94. The summed E-state index contributed by atoms with van der Waals surface area (Å²) < 4.78 is 0. The van der Waals surface area contributed by atoms with Gasteiger partial charge in [0.05, 0.1) is 0 Å². The Balaban J connectivity index is 2.52. The highest BCUT2D eigenvalue weighted by atomic mass is 16.4. The van der Waals surface area contributed by atoms with Gasteiger partial charge in [0.1, 0.15) is 0 Å². The predicted octanol–water partition coefficient (Wildman–Crippen LogP) is 3.13. The molecule has 0 aromatic heterocycles. The van der Waals surface area contributed by atoms with E-state index < -0.39 is 5.97 Å². The van der Waals surface area contributed by atoms with Gasteiger partial charge in [-0.05, 0) is 24.0 Å². The van der Waals surface area contributed by atoms with Gasteiger partial charge in [0.15, 0.2) is 0 Å². The van der Waals surface area contributed by atoms with Crippen LogP contribution >= 0.6 is 0 Å². The van der Waals surface area contributed by atoms with E-state index >= 15 is 0 Å². The molecule has 2 heteroatoms. The van der Waals surface area contributed by atoms with Crippen molar-refractivity contribution in [2.45, 2.75) is 26.2 Å². The molecule has 2 nitrogen and oxygen atoms in total. The van der Waals surface area contributed by atoms with Crippen molar-refractivity contribution in [1.29, 1.82) is 0 Å². The van der Waals surface area contributed by atoms with E-state index in [2.05, 4.69) is 19.1 Å². The zero-order chi connectivity index (χ0) is 11.1. The van der Waals surface area contributed by atoms with Crippen molar-refractivity contribution < 1.29 is 9.90 Å². The van der Waals surface area contributed by atoms with Gasteiger partial charge in [0.25, 0.3) is 0 Å². The van der Waals surface area contributed by atoms with Gasteiger partial charge >= 0.3 is 5.97 Å². The summed E-state index contributed by atoms with van der Waals surface area (Å²) in [5, 5.41) is 8.46. The smallest absolute Gasteiger partial charge is 0.303 e. The average molecular weight is 204 g/mol. The van der Waals surface area contributed by atoms with Gasteiger partial charge in [0.2, 0.25) is 0 Å². The van der Waals surface area contributed by atoms with E-state index in [0.29, 0.717) is 6.42 Å². The maximum atomic E-state index is 10.3. The first kappa shape index (κ1) is 11.5. The van der Waals surface area contributed by atoms with Crippen LogP contribution < -0.4 is 0 Å². The first-order valence-electron chi connectivity index (χ1n) is 5.19. The van der Waals surface area contributed by atoms with Crippen LogP contribution in [0.2, 0.25) is 0 Å². The lowest BCUT2D eigenvalue weighted by molar-refractivity contribution is -0.136. The molecule has 0 radical (unpaired) electrons. The predicted molar refractivity (Wildman–Crippen MR) is 61.7 cm³/mol. The standard InChI is InChI=1S/C13H16O2/c1-2-11-7-5-8-12(10-11)6-3-4-9-13(14)15/h3,5-8,10H,2,4,9H2,1H3,(H,14,15). The summed E-state index contributed by atoms with van der Waals surface area (Å²) >= 11 is 0. The molecule has 0 saturated carbocycles. The van der Waals surface area contributed by atoms with Gasteiger partial charge in [0, 0.05) is 6.42 Å². The van der Waals surface area contributed by atoms with Crippen LogP contribution in [0.4, 0.5) is 0 Å². The topological polar surface area (TPSA) is 37.3 Å². The molecule has 0 amide bonds. The fourth-order valence-corrected chi connectivity index (χ4v) is 1.34. The van der Waals surface area contributed by atoms with Crippen molar-refractivity contribution in [3.05, 3.63) is 41.5 Å². The molecule has 0 aliphatic rings. The molecule has 0 spiro atoms. The summed E-state index contributed by atoms with van der Waals surface area (Å²) in [4.78, 5) is 10.3. The third kappa shape index (κ3) is 4.45. The highest BCUT2D eigenvalue weighted by molar-refractivity contribution is 5.67. The average Bonchev–Trinajstić information content (AvgIpc) is 2.24. The Hall–Kier alpha value is -1.57. The van der Waals surface area contributed by atoms with Gasteiger partial charge in [-0.15, -0.1) is 0 Å². The fourth-order valence-electron chi connectivity index (χ4n) is 1.34. The SMILES string of the molecule is CCc1cccc(C=CCCC(=O)O)c1. The summed E-state index contributed by atoms with van der Waals surface area (Å²) in [6.45, 7) is 2.12. The van der Waals surface area contributed by atoms with E-state index in [1.54, 1.807) is 0 Å². The molecule has 0 atom stereocenters. The van der Waals surface area contributed by atoms with Crippen LogP contribution in [-0.2, 0) is 11.2 Å². The van der Waals surface area contributed by atoms with Crippen LogP contribution in [0.15, 0.2) is 30.3 Å². The maximum absolute atomic E-state index is 10.3. The van der Waals surface area contributed by atoms with E-state index in [9.17, 15) is 4.79 Å². The largest absolute Gasteiger partial charge is 0.481 e. The summed E-state index contributed by atoms with van der Waals surface area (Å²) in [6, 6.07) is 8.26. The molecule has 0 aliphatic carbocycles. The van der Waals surface area contributed by atoms with Crippen molar-refractivity contribution in [1.82, 2.24) is 0 Å². The zero-order valence-electron chi connectivity index (χ0n) is 8.94. The highest BCUT2D eigenvalue weighted by Crippen LogP contribution is 2.08. The molecule has 1 N–H and O–H groups in total. The van der Waals surface area contributed by atoms with Crippen molar-refractivity contribution >= 4 is 12.0 Å². The Morgan fingerprint density at radius 3 is 2.93 bits per heavy atom. The molecule has 80 valence electrons. The van der Waals surface area contributed by atoms with Crippen LogP contribution in [0.1, 0.15) is 30.9 Å². The second-order valence-electron chi connectivity index (χ2n) is 3.43. The number of hydrogen-bond donors (Lipinski definition) is 1. The number of aliphatic carboxylic acids is 1. The lowest BCUT2D eigenvalue weighted by atomic mass is 10.1. The number of hydrogen-bond acceptors (Lipinski definition) is 1. The molecular formula is C13H16O2.